The van der Waals surface area contributed by atoms with Crippen molar-refractivity contribution >= 4 is 78.0 Å². The van der Waals surface area contributed by atoms with Gasteiger partial charge in [0.15, 0.2) is 0 Å². The normalized spacial score (nSPS) is 13.2. The summed E-state index contributed by atoms with van der Waals surface area (Å²) in [5, 5.41) is 1.91. The Kier molecular flexibility index (Phi) is 10.9. The van der Waals surface area contributed by atoms with Gasteiger partial charge in [-0.15, -0.1) is 0 Å². The van der Waals surface area contributed by atoms with Crippen molar-refractivity contribution in [2.45, 2.75) is 57.8 Å². The quantitative estimate of drug-likeness (QED) is 0.142. The summed E-state index contributed by atoms with van der Waals surface area (Å²) < 4.78 is 77.7. The van der Waals surface area contributed by atoms with Crippen molar-refractivity contribution in [1.82, 2.24) is 0 Å². The summed E-state index contributed by atoms with van der Waals surface area (Å²) in [5.74, 6) is -1.72. The van der Waals surface area contributed by atoms with Gasteiger partial charge in [-0.25, -0.2) is 17.6 Å². The van der Waals surface area contributed by atoms with Crippen LogP contribution in [0.5, 0.6) is 0 Å². The smallest absolute Gasteiger partial charge is 0.145 e. The number of benzene rings is 10. The summed E-state index contributed by atoms with van der Waals surface area (Å²) in [4.78, 5) is 4.15. The molecule has 0 unspecified atom stereocenters. The van der Waals surface area contributed by atoms with E-state index in [0.717, 1.165) is 44.8 Å². The van der Waals surface area contributed by atoms with Crippen LogP contribution in [-0.4, -0.2) is 0 Å². The predicted molar refractivity (Wildman–Crippen MR) is 305 cm³/mol. The first kappa shape index (κ1) is 47.8. The van der Waals surface area contributed by atoms with Gasteiger partial charge in [-0.3, -0.25) is 0 Å². The molecule has 0 aliphatic heterocycles. The van der Waals surface area contributed by atoms with Gasteiger partial charge in [0.1, 0.15) is 45.6 Å². The number of anilines is 6. The number of furan rings is 2. The fourth-order valence-electron chi connectivity index (χ4n) is 11.8. The molecule has 378 valence electrons. The summed E-state index contributed by atoms with van der Waals surface area (Å²) in [5.41, 5.74) is 11.3. The Balaban J connectivity index is 1.25. The lowest BCUT2D eigenvalue weighted by molar-refractivity contribution is 0.590. The van der Waals surface area contributed by atoms with Gasteiger partial charge in [0.2, 0.25) is 0 Å². The lowest BCUT2D eigenvalue weighted by atomic mass is 9.67. The van der Waals surface area contributed by atoms with Gasteiger partial charge in [0.25, 0.3) is 0 Å². The van der Waals surface area contributed by atoms with E-state index in [1.165, 1.54) is 42.5 Å². The number of nitrogens with zero attached hydrogens (tertiary/aromatic N) is 2. The molecule has 0 amide bonds. The number of fused-ring (bicyclic) bond motifs is 11. The first-order valence-corrected chi connectivity index (χ1v) is 25.9. The van der Waals surface area contributed by atoms with E-state index in [4.69, 9.17) is 8.83 Å². The van der Waals surface area contributed by atoms with Crippen LogP contribution in [0.3, 0.4) is 0 Å². The molecule has 13 rings (SSSR count). The van der Waals surface area contributed by atoms with E-state index in [-0.39, 0.29) is 16.2 Å². The summed E-state index contributed by atoms with van der Waals surface area (Å²) in [7, 11) is 0. The topological polar surface area (TPSA) is 32.8 Å². The van der Waals surface area contributed by atoms with Crippen LogP contribution in [0.2, 0.25) is 0 Å². The third-order valence-electron chi connectivity index (χ3n) is 15.5. The molecule has 4 nitrogen and oxygen atoms in total. The molecule has 12 aromatic rings. The highest BCUT2D eigenvalue weighted by Crippen LogP contribution is 2.64. The van der Waals surface area contributed by atoms with Crippen molar-refractivity contribution < 1.29 is 26.4 Å². The van der Waals surface area contributed by atoms with E-state index in [0.29, 0.717) is 72.4 Å². The zero-order chi connectivity index (χ0) is 53.1. The Labute approximate surface area is 444 Å². The van der Waals surface area contributed by atoms with Gasteiger partial charge in [0, 0.05) is 39.3 Å². The molecule has 0 spiro atoms. The molecule has 2 aromatic heterocycles. The highest BCUT2D eigenvalue weighted by Gasteiger charge is 2.51. The molecule has 2 heterocycles. The highest BCUT2D eigenvalue weighted by atomic mass is 19.1. The molecule has 0 saturated carbocycles. The predicted octanol–water partition coefficient (Wildman–Crippen LogP) is 19.9. The third-order valence-corrected chi connectivity index (χ3v) is 15.5. The fourth-order valence-corrected chi connectivity index (χ4v) is 11.8. The van der Waals surface area contributed by atoms with Gasteiger partial charge in [-0.2, -0.15) is 0 Å². The van der Waals surface area contributed by atoms with Gasteiger partial charge in [-0.05, 0) is 159 Å². The average Bonchev–Trinajstić information content (AvgIpc) is 4.14. The van der Waals surface area contributed by atoms with Crippen LogP contribution in [-0.2, 0) is 16.2 Å². The molecular formula is C69H52F4N2O2. The molecule has 0 N–H and O–H groups in total. The molecule has 0 saturated heterocycles. The molecule has 0 radical (unpaired) electrons. The van der Waals surface area contributed by atoms with Gasteiger partial charge in [-0.1, -0.05) is 133 Å². The first-order valence-electron chi connectivity index (χ1n) is 25.9. The Morgan fingerprint density at radius 2 is 0.792 bits per heavy atom. The molecule has 0 atom stereocenters. The molecule has 0 fully saturated rings. The molecule has 10 aromatic carbocycles. The van der Waals surface area contributed by atoms with E-state index >= 15 is 17.6 Å². The molecule has 1 aliphatic rings. The van der Waals surface area contributed by atoms with E-state index in [9.17, 15) is 0 Å². The van der Waals surface area contributed by atoms with Gasteiger partial charge in [0.05, 0.1) is 32.9 Å². The minimum absolute atomic E-state index is 0.152. The molecule has 8 heteroatoms. The Bertz CT molecular complexity index is 4210. The molecule has 1 aliphatic carbocycles. The third kappa shape index (κ3) is 7.55. The van der Waals surface area contributed by atoms with Crippen molar-refractivity contribution in [2.75, 3.05) is 9.80 Å². The lowest BCUT2D eigenvalue weighted by Crippen LogP contribution is -2.29. The second-order valence-corrected chi connectivity index (χ2v) is 22.2. The monoisotopic (exact) mass is 1020 g/mol. The maximum atomic E-state index is 17.2. The lowest BCUT2D eigenvalue weighted by Gasteiger charge is -2.36. The number of hydrogen-bond donors (Lipinski definition) is 0. The van der Waals surface area contributed by atoms with Crippen molar-refractivity contribution in [3.63, 3.8) is 0 Å². The highest BCUT2D eigenvalue weighted by molar-refractivity contribution is 6.25. The van der Waals surface area contributed by atoms with E-state index in [1.807, 2.05) is 36.4 Å². The number of hydrogen-bond acceptors (Lipinski definition) is 4. The molecular weight excluding hydrogens is 965 g/mol. The van der Waals surface area contributed by atoms with Gasteiger partial charge >= 0.3 is 0 Å². The Morgan fingerprint density at radius 1 is 0.377 bits per heavy atom. The fraction of sp³-hybridized carbons (Fsp3) is 0.130. The van der Waals surface area contributed by atoms with E-state index in [1.54, 1.807) is 42.5 Å². The number of rotatable bonds is 8. The SMILES string of the molecule is CC(C)(C)c1ccc(N(c2ccc(F)cc2)c2cc3c(c4oc5ccc(F)cc5c24)-c2c(cc(N(c4ccc(F)cc4)c4ccc(C(C)(C)C)cc4)c4c2oc2cccc(F)c24)C3(c2ccccc2)c2ccccc2)cc1. The van der Waals surface area contributed by atoms with Gasteiger partial charge < -0.3 is 18.6 Å². The second kappa shape index (κ2) is 17.6. The summed E-state index contributed by atoms with van der Waals surface area (Å²) in [6.45, 7) is 13.0. The summed E-state index contributed by atoms with van der Waals surface area (Å²) in [6.07, 6.45) is 0. The van der Waals surface area contributed by atoms with Crippen LogP contribution in [0.1, 0.15) is 74.9 Å². The largest absolute Gasteiger partial charge is 0.455 e. The zero-order valence-corrected chi connectivity index (χ0v) is 43.4. The minimum Gasteiger partial charge on any atom is -0.455 e. The van der Waals surface area contributed by atoms with Crippen LogP contribution < -0.4 is 9.80 Å². The van der Waals surface area contributed by atoms with Crippen LogP contribution in [0, 0.1) is 23.3 Å². The van der Waals surface area contributed by atoms with E-state index < -0.39 is 28.7 Å². The minimum atomic E-state index is -1.17. The standard InChI is InChI=1S/C69H52F4N2O2/c1-67(2,3)41-20-29-48(30-21-41)74(50-33-24-45(70)25-34-50)56-39-53-61(65-60(56)52-38-47(72)28-37-58(52)76-65)62-54(69(53,43-14-9-7-10-15-43)44-16-11-8-12-17-44)40-57(64-63-55(73)18-13-19-59(63)77-66(62)64)75(51-35-26-46(71)27-36-51)49-31-22-42(23-32-49)68(4,5)6/h7-40H,1-6H3. The van der Waals surface area contributed by atoms with Crippen molar-refractivity contribution in [3.05, 3.63) is 263 Å². The Morgan fingerprint density at radius 3 is 1.26 bits per heavy atom. The average molecular weight is 1020 g/mol. The van der Waals surface area contributed by atoms with Crippen molar-refractivity contribution in [1.29, 1.82) is 0 Å². The maximum Gasteiger partial charge on any atom is 0.145 e. The molecule has 77 heavy (non-hydrogen) atoms. The molecule has 0 bridgehead atoms. The second-order valence-electron chi connectivity index (χ2n) is 22.2. The van der Waals surface area contributed by atoms with Crippen LogP contribution in [0.4, 0.5) is 51.7 Å². The zero-order valence-electron chi connectivity index (χ0n) is 43.4. The van der Waals surface area contributed by atoms with Crippen molar-refractivity contribution in [3.8, 4) is 11.1 Å². The van der Waals surface area contributed by atoms with Crippen molar-refractivity contribution in [2.24, 2.45) is 0 Å². The summed E-state index contributed by atoms with van der Waals surface area (Å²) in [6, 6.07) is 63.7. The van der Waals surface area contributed by atoms with Crippen LogP contribution >= 0.6 is 0 Å². The maximum absolute atomic E-state index is 17.2. The first-order chi connectivity index (χ1) is 37.1. The van der Waals surface area contributed by atoms with Crippen LogP contribution in [0.25, 0.3) is 55.0 Å². The van der Waals surface area contributed by atoms with Crippen LogP contribution in [0.15, 0.2) is 215 Å². The van der Waals surface area contributed by atoms with E-state index in [2.05, 4.69) is 136 Å². The Hall–Kier alpha value is -8.88. The summed E-state index contributed by atoms with van der Waals surface area (Å²) >= 11 is 0. The number of halogens is 4.